The Hall–Kier alpha value is -2.27. The molecule has 3 rings (SSSR count). The molecule has 0 aliphatic rings. The average Bonchev–Trinajstić information content (AvgIpc) is 2.83. The van der Waals surface area contributed by atoms with E-state index in [0.29, 0.717) is 16.8 Å². The zero-order valence-electron chi connectivity index (χ0n) is 13.5. The van der Waals surface area contributed by atoms with E-state index in [2.05, 4.69) is 15.3 Å². The van der Waals surface area contributed by atoms with Gasteiger partial charge in [-0.05, 0) is 39.0 Å². The monoisotopic (exact) mass is 331 g/mol. The highest BCUT2D eigenvalue weighted by Crippen LogP contribution is 2.33. The molecule has 0 fully saturated rings. The van der Waals surface area contributed by atoms with E-state index in [1.54, 1.807) is 20.1 Å². The molecule has 1 atom stereocenters. The molecule has 1 unspecified atom stereocenters. The highest BCUT2D eigenvalue weighted by atomic mass is 35.5. The van der Waals surface area contributed by atoms with Gasteiger partial charge in [0.2, 0.25) is 0 Å². The van der Waals surface area contributed by atoms with Crippen molar-refractivity contribution in [2.75, 3.05) is 12.4 Å². The van der Waals surface area contributed by atoms with Gasteiger partial charge < -0.3 is 14.5 Å². The van der Waals surface area contributed by atoms with Gasteiger partial charge in [-0.15, -0.1) is 0 Å². The fourth-order valence-corrected chi connectivity index (χ4v) is 2.88. The second-order valence-corrected chi connectivity index (χ2v) is 5.83. The van der Waals surface area contributed by atoms with E-state index in [4.69, 9.17) is 20.8 Å². The molecule has 23 heavy (non-hydrogen) atoms. The normalized spacial score (nSPS) is 12.4. The highest BCUT2D eigenvalue weighted by molar-refractivity contribution is 6.29. The number of rotatable bonds is 4. The van der Waals surface area contributed by atoms with E-state index in [9.17, 15) is 0 Å². The zero-order chi connectivity index (χ0) is 16.6. The first kappa shape index (κ1) is 15.6. The number of nitrogens with zero attached hydrogens (tertiary/aromatic N) is 2. The summed E-state index contributed by atoms with van der Waals surface area (Å²) in [6.07, 6.45) is 0. The second-order valence-electron chi connectivity index (χ2n) is 5.44. The van der Waals surface area contributed by atoms with Crippen LogP contribution in [0.25, 0.3) is 11.0 Å². The minimum absolute atomic E-state index is 0.0567. The third-order valence-electron chi connectivity index (χ3n) is 3.74. The molecular formula is C17H18ClN3O2. The largest absolute Gasteiger partial charge is 0.497 e. The van der Waals surface area contributed by atoms with Crippen molar-refractivity contribution >= 4 is 28.4 Å². The number of aromatic nitrogens is 2. The third kappa shape index (κ3) is 3.10. The number of hydrogen-bond donors (Lipinski definition) is 1. The molecule has 0 aliphatic heterocycles. The van der Waals surface area contributed by atoms with Gasteiger partial charge in [-0.1, -0.05) is 11.6 Å². The first-order valence-electron chi connectivity index (χ1n) is 7.32. The second kappa shape index (κ2) is 6.08. The maximum Gasteiger partial charge on any atom is 0.134 e. The van der Waals surface area contributed by atoms with Crippen molar-refractivity contribution in [1.29, 1.82) is 0 Å². The van der Waals surface area contributed by atoms with E-state index in [-0.39, 0.29) is 6.04 Å². The first-order chi connectivity index (χ1) is 11.0. The van der Waals surface area contributed by atoms with Crippen LogP contribution in [0.4, 0.5) is 5.82 Å². The van der Waals surface area contributed by atoms with Crippen molar-refractivity contribution in [3.8, 4) is 5.75 Å². The summed E-state index contributed by atoms with van der Waals surface area (Å²) in [6, 6.07) is 7.44. The molecule has 6 heteroatoms. The van der Waals surface area contributed by atoms with Crippen LogP contribution in [0, 0.1) is 13.8 Å². The van der Waals surface area contributed by atoms with Crippen molar-refractivity contribution in [1.82, 2.24) is 9.97 Å². The van der Waals surface area contributed by atoms with Crippen LogP contribution in [-0.2, 0) is 0 Å². The van der Waals surface area contributed by atoms with Gasteiger partial charge in [0, 0.05) is 17.0 Å². The van der Waals surface area contributed by atoms with Crippen LogP contribution in [0.15, 0.2) is 28.7 Å². The molecule has 5 nitrogen and oxygen atoms in total. The number of benzene rings is 1. The smallest absolute Gasteiger partial charge is 0.134 e. The van der Waals surface area contributed by atoms with Crippen molar-refractivity contribution in [3.63, 3.8) is 0 Å². The van der Waals surface area contributed by atoms with Crippen LogP contribution in [0.2, 0.25) is 5.15 Å². The van der Waals surface area contributed by atoms with Gasteiger partial charge in [0.1, 0.15) is 33.9 Å². The van der Waals surface area contributed by atoms with Crippen LogP contribution < -0.4 is 10.1 Å². The van der Waals surface area contributed by atoms with E-state index in [0.717, 1.165) is 28.0 Å². The SMILES string of the molecule is COc1ccc2oc(C(C)Nc3cc(Cl)nc(C)n3)c(C)c2c1. The van der Waals surface area contributed by atoms with E-state index in [1.807, 2.05) is 32.0 Å². The Morgan fingerprint density at radius 3 is 2.70 bits per heavy atom. The quantitative estimate of drug-likeness (QED) is 0.704. The van der Waals surface area contributed by atoms with Crippen LogP contribution in [0.5, 0.6) is 5.75 Å². The lowest BCUT2D eigenvalue weighted by Gasteiger charge is -2.13. The Bertz CT molecular complexity index is 840. The van der Waals surface area contributed by atoms with Crippen LogP contribution in [0.3, 0.4) is 0 Å². The maximum absolute atomic E-state index is 6.00. The molecular weight excluding hydrogens is 314 g/mol. The molecule has 0 saturated carbocycles. The number of halogens is 1. The van der Waals surface area contributed by atoms with Gasteiger partial charge >= 0.3 is 0 Å². The molecule has 120 valence electrons. The summed E-state index contributed by atoms with van der Waals surface area (Å²) in [5.74, 6) is 2.97. The predicted molar refractivity (Wildman–Crippen MR) is 91.3 cm³/mol. The van der Waals surface area contributed by atoms with Crippen molar-refractivity contribution in [2.24, 2.45) is 0 Å². The maximum atomic E-state index is 6.00. The first-order valence-corrected chi connectivity index (χ1v) is 7.70. The van der Waals surface area contributed by atoms with Crippen molar-refractivity contribution in [2.45, 2.75) is 26.8 Å². The standard InChI is InChI=1S/C17H18ClN3O2/c1-9-13-7-12(22-4)5-6-14(13)23-17(9)10(2)19-16-8-15(18)20-11(3)21-16/h5-8,10H,1-4H3,(H,19,20,21). The Balaban J connectivity index is 1.94. The summed E-state index contributed by atoms with van der Waals surface area (Å²) in [5, 5.41) is 4.77. The lowest BCUT2D eigenvalue weighted by atomic mass is 10.1. The average molecular weight is 332 g/mol. The molecule has 2 aromatic heterocycles. The summed E-state index contributed by atoms with van der Waals surface area (Å²) >= 11 is 5.98. The zero-order valence-corrected chi connectivity index (χ0v) is 14.2. The van der Waals surface area contributed by atoms with Gasteiger partial charge in [0.05, 0.1) is 13.2 Å². The number of fused-ring (bicyclic) bond motifs is 1. The fourth-order valence-electron chi connectivity index (χ4n) is 2.65. The van der Waals surface area contributed by atoms with E-state index < -0.39 is 0 Å². The number of methoxy groups -OCH3 is 1. The highest BCUT2D eigenvalue weighted by Gasteiger charge is 2.17. The van der Waals surface area contributed by atoms with Crippen molar-refractivity contribution < 1.29 is 9.15 Å². The molecule has 0 bridgehead atoms. The number of aryl methyl sites for hydroxylation is 2. The van der Waals surface area contributed by atoms with E-state index in [1.165, 1.54) is 0 Å². The lowest BCUT2D eigenvalue weighted by Crippen LogP contribution is -2.09. The predicted octanol–water partition coefficient (Wildman–Crippen LogP) is 4.67. The molecule has 0 spiro atoms. The Labute approximate surface area is 139 Å². The summed E-state index contributed by atoms with van der Waals surface area (Å²) in [5.41, 5.74) is 1.92. The number of nitrogens with one attached hydrogen (secondary N) is 1. The number of ether oxygens (including phenoxy) is 1. The molecule has 0 amide bonds. The van der Waals surface area contributed by atoms with Crippen molar-refractivity contribution in [3.05, 3.63) is 46.6 Å². The van der Waals surface area contributed by atoms with Crippen LogP contribution in [0.1, 0.15) is 30.1 Å². The summed E-state index contributed by atoms with van der Waals surface area (Å²) in [6.45, 7) is 5.87. The lowest BCUT2D eigenvalue weighted by molar-refractivity contribution is 0.415. The minimum atomic E-state index is -0.0567. The van der Waals surface area contributed by atoms with Gasteiger partial charge in [-0.25, -0.2) is 9.97 Å². The summed E-state index contributed by atoms with van der Waals surface area (Å²) < 4.78 is 11.3. The van der Waals surface area contributed by atoms with Gasteiger partial charge in [-0.2, -0.15) is 0 Å². The third-order valence-corrected chi connectivity index (χ3v) is 3.94. The molecule has 1 aromatic carbocycles. The number of hydrogen-bond acceptors (Lipinski definition) is 5. The summed E-state index contributed by atoms with van der Waals surface area (Å²) in [4.78, 5) is 8.40. The summed E-state index contributed by atoms with van der Waals surface area (Å²) in [7, 11) is 1.66. The molecule has 0 saturated heterocycles. The molecule has 2 heterocycles. The molecule has 0 aliphatic carbocycles. The Morgan fingerprint density at radius 1 is 1.22 bits per heavy atom. The number of anilines is 1. The molecule has 3 aromatic rings. The molecule has 1 N–H and O–H groups in total. The minimum Gasteiger partial charge on any atom is -0.497 e. The Morgan fingerprint density at radius 2 is 2.00 bits per heavy atom. The topological polar surface area (TPSA) is 60.2 Å². The fraction of sp³-hybridized carbons (Fsp3) is 0.294. The Kier molecular flexibility index (Phi) is 4.13. The number of furan rings is 1. The van der Waals surface area contributed by atoms with Crippen LogP contribution in [-0.4, -0.2) is 17.1 Å². The van der Waals surface area contributed by atoms with Crippen LogP contribution >= 0.6 is 11.6 Å². The van der Waals surface area contributed by atoms with Gasteiger partial charge in [0.25, 0.3) is 0 Å². The van der Waals surface area contributed by atoms with Gasteiger partial charge in [-0.3, -0.25) is 0 Å². The van der Waals surface area contributed by atoms with Gasteiger partial charge in [0.15, 0.2) is 0 Å². The van der Waals surface area contributed by atoms with E-state index >= 15 is 0 Å². The molecule has 0 radical (unpaired) electrons.